The van der Waals surface area contributed by atoms with Crippen molar-refractivity contribution in [1.82, 2.24) is 9.78 Å². The highest BCUT2D eigenvalue weighted by Crippen LogP contribution is 2.39. The maximum atomic E-state index is 12.9. The minimum absolute atomic E-state index is 0.0512. The lowest BCUT2D eigenvalue weighted by Gasteiger charge is -2.13. The molecule has 4 aromatic rings. The van der Waals surface area contributed by atoms with E-state index in [4.69, 9.17) is 5.73 Å². The summed E-state index contributed by atoms with van der Waals surface area (Å²) in [5, 5.41) is 26.3. The van der Waals surface area contributed by atoms with Gasteiger partial charge in [0.25, 0.3) is 5.69 Å². The number of carboxylic acids is 1. The Morgan fingerprint density at radius 2 is 1.89 bits per heavy atom. The second kappa shape index (κ2) is 9.26. The molecule has 3 aromatic carbocycles. The summed E-state index contributed by atoms with van der Waals surface area (Å²) < 4.78 is 44.8. The molecule has 4 rings (SSSR count). The van der Waals surface area contributed by atoms with Crippen molar-refractivity contribution in [1.29, 1.82) is 0 Å². The zero-order chi connectivity index (χ0) is 26.2. The van der Waals surface area contributed by atoms with Gasteiger partial charge in [-0.1, -0.05) is 18.2 Å². The Bertz CT molecular complexity index is 1530. The molecule has 3 N–H and O–H groups in total. The van der Waals surface area contributed by atoms with E-state index in [1.165, 1.54) is 47.1 Å². The number of aromatic carboxylic acids is 1. The largest absolute Gasteiger partial charge is 0.491 e. The van der Waals surface area contributed by atoms with E-state index >= 15 is 0 Å². The number of carbonyl (C=O) groups excluding carboxylic acids is 1. The molecule has 0 saturated heterocycles. The second-order valence-corrected chi connectivity index (χ2v) is 7.75. The Labute approximate surface area is 199 Å². The molecular weight excluding hydrogens is 485 g/mol. The molecule has 0 unspecified atom stereocenters. The van der Waals surface area contributed by atoms with Crippen LogP contribution in [0.2, 0.25) is 0 Å². The number of aromatic nitrogens is 2. The molecule has 36 heavy (non-hydrogen) atoms. The topological polar surface area (TPSA) is 151 Å². The number of halogens is 3. The van der Waals surface area contributed by atoms with Gasteiger partial charge in [-0.15, -0.1) is 0 Å². The maximum absolute atomic E-state index is 12.9. The molecule has 0 aliphatic heterocycles. The van der Waals surface area contributed by atoms with Gasteiger partial charge in [-0.25, -0.2) is 9.59 Å². The van der Waals surface area contributed by atoms with Gasteiger partial charge < -0.3 is 15.6 Å². The molecule has 13 heteroatoms. The first-order chi connectivity index (χ1) is 17.0. The van der Waals surface area contributed by atoms with Crippen molar-refractivity contribution in [2.75, 3.05) is 6.54 Å². The lowest BCUT2D eigenvalue weighted by atomic mass is 9.98. The fourth-order valence-corrected chi connectivity index (χ4v) is 3.83. The van der Waals surface area contributed by atoms with Gasteiger partial charge in [-0.05, 0) is 42.1 Å². The first-order valence-corrected chi connectivity index (χ1v) is 10.5. The van der Waals surface area contributed by atoms with E-state index in [1.54, 1.807) is 0 Å². The van der Waals surface area contributed by atoms with Crippen LogP contribution in [0, 0.1) is 10.1 Å². The van der Waals surface area contributed by atoms with Crippen molar-refractivity contribution in [2.45, 2.75) is 19.1 Å². The predicted octanol–water partition coefficient (Wildman–Crippen LogP) is 4.28. The zero-order valence-electron chi connectivity index (χ0n) is 18.3. The molecule has 0 radical (unpaired) electrons. The number of nitro groups is 1. The smallest absolute Gasteiger partial charge is 0.477 e. The molecule has 0 saturated carbocycles. The number of nitrogens with zero attached hydrogens (tertiary/aromatic N) is 3. The number of nitro benzene ring substituents is 1. The number of hydrogen-bond acceptors (Lipinski definition) is 7. The summed E-state index contributed by atoms with van der Waals surface area (Å²) in [7, 11) is 0. The number of hydrogen-bond donors (Lipinski definition) is 2. The molecular formula is C23H17F3N4O6. The first kappa shape index (κ1) is 24.6. The third-order valence-electron chi connectivity index (χ3n) is 5.40. The van der Waals surface area contributed by atoms with Crippen LogP contribution in [-0.4, -0.2) is 44.5 Å². The van der Waals surface area contributed by atoms with Crippen LogP contribution >= 0.6 is 0 Å². The maximum Gasteiger partial charge on any atom is 0.491 e. The molecule has 0 aliphatic rings. The summed E-state index contributed by atoms with van der Waals surface area (Å²) in [5.74, 6) is -4.18. The Kier molecular flexibility index (Phi) is 6.33. The third kappa shape index (κ3) is 4.55. The van der Waals surface area contributed by atoms with Crippen LogP contribution in [0.4, 0.5) is 18.9 Å². The van der Waals surface area contributed by atoms with Crippen molar-refractivity contribution in [3.63, 3.8) is 0 Å². The van der Waals surface area contributed by atoms with Crippen LogP contribution in [-0.2, 0) is 11.3 Å². The molecule has 1 aromatic heterocycles. The zero-order valence-corrected chi connectivity index (χ0v) is 18.3. The number of alkyl halides is 3. The van der Waals surface area contributed by atoms with Gasteiger partial charge in [0.05, 0.1) is 4.92 Å². The highest BCUT2D eigenvalue weighted by Gasteiger charge is 2.41. The van der Waals surface area contributed by atoms with E-state index in [2.05, 4.69) is 9.84 Å². The summed E-state index contributed by atoms with van der Waals surface area (Å²) in [6, 6.07) is 10.5. The highest BCUT2D eigenvalue weighted by atomic mass is 19.4. The van der Waals surface area contributed by atoms with Gasteiger partial charge in [0.15, 0.2) is 5.69 Å². The fourth-order valence-electron chi connectivity index (χ4n) is 3.83. The molecule has 1 heterocycles. The number of benzene rings is 3. The van der Waals surface area contributed by atoms with E-state index in [1.807, 2.05) is 0 Å². The summed E-state index contributed by atoms with van der Waals surface area (Å²) in [5.41, 5.74) is 5.40. The standard InChI is InChI=1S/C23H17F3N4O6/c24-23(25,26)22(33)36-18-10-13-5-6-15-19(28-29(8-2-7-27)20(15)21(31)32)17(13)11-16(18)12-3-1-4-14(9-12)30(34)35/h1,3-6,9-11H,2,7-8,27H2,(H,31,32). The Morgan fingerprint density at radius 3 is 2.53 bits per heavy atom. The van der Waals surface area contributed by atoms with E-state index in [9.17, 15) is 38.0 Å². The monoisotopic (exact) mass is 502 g/mol. The predicted molar refractivity (Wildman–Crippen MR) is 122 cm³/mol. The molecule has 186 valence electrons. The minimum atomic E-state index is -5.28. The number of carbonyl (C=O) groups is 2. The molecule has 0 atom stereocenters. The summed E-state index contributed by atoms with van der Waals surface area (Å²) in [6.45, 7) is 0.508. The highest BCUT2D eigenvalue weighted by molar-refractivity contribution is 6.13. The van der Waals surface area contributed by atoms with Crippen molar-refractivity contribution in [3.05, 3.63) is 64.3 Å². The number of rotatable bonds is 7. The van der Waals surface area contributed by atoms with Crippen LogP contribution in [0.1, 0.15) is 16.9 Å². The SMILES string of the molecule is NCCCn1nc2c(ccc3cc(OC(=O)C(F)(F)F)c(-c4cccc([N+](=O)[O-])c4)cc32)c1C(=O)O. The van der Waals surface area contributed by atoms with E-state index in [0.29, 0.717) is 23.7 Å². The molecule has 0 spiro atoms. The summed E-state index contributed by atoms with van der Waals surface area (Å²) in [6.07, 6.45) is -4.83. The molecule has 0 amide bonds. The second-order valence-electron chi connectivity index (χ2n) is 7.75. The summed E-state index contributed by atoms with van der Waals surface area (Å²) >= 11 is 0. The number of fused-ring (bicyclic) bond motifs is 3. The Morgan fingerprint density at radius 1 is 1.14 bits per heavy atom. The van der Waals surface area contributed by atoms with Gasteiger partial charge in [0.1, 0.15) is 11.3 Å². The van der Waals surface area contributed by atoms with Gasteiger partial charge in [0, 0.05) is 35.0 Å². The fraction of sp³-hybridized carbons (Fsp3) is 0.174. The lowest BCUT2D eigenvalue weighted by Crippen LogP contribution is -2.28. The average Bonchev–Trinajstić information content (AvgIpc) is 3.20. The van der Waals surface area contributed by atoms with E-state index in [-0.39, 0.29) is 40.0 Å². The minimum Gasteiger partial charge on any atom is -0.477 e. The van der Waals surface area contributed by atoms with Crippen molar-refractivity contribution in [3.8, 4) is 16.9 Å². The van der Waals surface area contributed by atoms with Crippen molar-refractivity contribution >= 4 is 39.3 Å². The molecule has 0 fully saturated rings. The number of non-ortho nitro benzene ring substituents is 1. The first-order valence-electron chi connectivity index (χ1n) is 10.5. The van der Waals surface area contributed by atoms with Crippen LogP contribution < -0.4 is 10.5 Å². The molecule has 10 nitrogen and oxygen atoms in total. The number of ether oxygens (including phenoxy) is 1. The van der Waals surface area contributed by atoms with Crippen molar-refractivity contribution in [2.24, 2.45) is 5.73 Å². The van der Waals surface area contributed by atoms with Gasteiger partial charge >= 0.3 is 18.1 Å². The van der Waals surface area contributed by atoms with Crippen molar-refractivity contribution < 1.29 is 37.5 Å². The van der Waals surface area contributed by atoms with Crippen LogP contribution in [0.25, 0.3) is 32.8 Å². The third-order valence-corrected chi connectivity index (χ3v) is 5.40. The van der Waals surface area contributed by atoms with E-state index < -0.39 is 28.8 Å². The van der Waals surface area contributed by atoms with Crippen LogP contribution in [0.3, 0.4) is 0 Å². The van der Waals surface area contributed by atoms with Crippen LogP contribution in [0.5, 0.6) is 5.75 Å². The van der Waals surface area contributed by atoms with Gasteiger partial charge in [-0.3, -0.25) is 14.8 Å². The number of nitrogens with two attached hydrogens (primary N) is 1. The van der Waals surface area contributed by atoms with Gasteiger partial charge in [0.2, 0.25) is 0 Å². The Balaban J connectivity index is 2.01. The molecule has 0 aliphatic carbocycles. The number of aryl methyl sites for hydroxylation is 1. The normalized spacial score (nSPS) is 11.7. The Hall–Kier alpha value is -4.52. The average molecular weight is 502 g/mol. The van der Waals surface area contributed by atoms with E-state index in [0.717, 1.165) is 6.07 Å². The lowest BCUT2D eigenvalue weighted by molar-refractivity contribution is -0.384. The summed E-state index contributed by atoms with van der Waals surface area (Å²) in [4.78, 5) is 34.1. The quantitative estimate of drug-likeness (QED) is 0.165. The number of carboxylic acid groups (broad SMARTS) is 1. The van der Waals surface area contributed by atoms with Gasteiger partial charge in [-0.2, -0.15) is 18.3 Å². The van der Waals surface area contributed by atoms with Crippen LogP contribution in [0.15, 0.2) is 48.5 Å². The molecule has 0 bridgehead atoms. The number of esters is 1.